The first kappa shape index (κ1) is 25.5. The van der Waals surface area contributed by atoms with Crippen molar-refractivity contribution in [3.63, 3.8) is 0 Å². The summed E-state index contributed by atoms with van der Waals surface area (Å²) >= 11 is 0. The number of rotatable bonds is 9. The lowest BCUT2D eigenvalue weighted by Gasteiger charge is -2.31. The Labute approximate surface area is 196 Å². The van der Waals surface area contributed by atoms with Gasteiger partial charge in [-0.3, -0.25) is 4.79 Å². The van der Waals surface area contributed by atoms with E-state index in [-0.39, 0.29) is 30.3 Å². The van der Waals surface area contributed by atoms with E-state index in [1.165, 1.54) is 0 Å². The van der Waals surface area contributed by atoms with Gasteiger partial charge in [0.1, 0.15) is 6.10 Å². The highest BCUT2D eigenvalue weighted by molar-refractivity contribution is 5.79. The third kappa shape index (κ3) is 6.46. The number of ether oxygens (including phenoxy) is 2. The van der Waals surface area contributed by atoms with Gasteiger partial charge in [0.25, 0.3) is 0 Å². The van der Waals surface area contributed by atoms with Crippen LogP contribution in [0.3, 0.4) is 0 Å². The quantitative estimate of drug-likeness (QED) is 0.448. The molecule has 0 bridgehead atoms. The van der Waals surface area contributed by atoms with Crippen molar-refractivity contribution < 1.29 is 29.3 Å². The van der Waals surface area contributed by atoms with E-state index >= 15 is 0 Å². The van der Waals surface area contributed by atoms with Crippen LogP contribution >= 0.6 is 0 Å². The minimum atomic E-state index is -0.934. The zero-order chi connectivity index (χ0) is 24.1. The number of alkyl carbamates (subject to hydrolysis) is 1. The molecule has 8 nitrogen and oxygen atoms in total. The summed E-state index contributed by atoms with van der Waals surface area (Å²) in [5, 5.41) is 27.3. The van der Waals surface area contributed by atoms with Crippen molar-refractivity contribution in [1.29, 1.82) is 0 Å². The Hall–Kier alpha value is -2.16. The molecule has 1 heterocycles. The second-order valence-corrected chi connectivity index (χ2v) is 9.92. The van der Waals surface area contributed by atoms with Gasteiger partial charge in [-0.1, -0.05) is 52.0 Å². The molecule has 0 spiro atoms. The van der Waals surface area contributed by atoms with Crippen LogP contribution in [-0.2, 0) is 20.7 Å². The number of hydrogen-bond donors (Lipinski definition) is 4. The molecule has 0 saturated carbocycles. The molecule has 1 fully saturated rings. The van der Waals surface area contributed by atoms with Crippen molar-refractivity contribution in [1.82, 2.24) is 10.6 Å². The molecular formula is C25H38N2O6. The molecular weight excluding hydrogens is 424 g/mol. The molecule has 1 aliphatic heterocycles. The van der Waals surface area contributed by atoms with Crippen LogP contribution in [0.1, 0.15) is 57.7 Å². The number of hydrogen-bond acceptors (Lipinski definition) is 6. The minimum Gasteiger partial charge on any atom is -0.444 e. The van der Waals surface area contributed by atoms with E-state index in [0.717, 1.165) is 11.1 Å². The lowest BCUT2D eigenvalue weighted by Crippen LogP contribution is -2.50. The van der Waals surface area contributed by atoms with Gasteiger partial charge in [0, 0.05) is 18.8 Å². The van der Waals surface area contributed by atoms with Crippen LogP contribution in [-0.4, -0.2) is 59.8 Å². The Morgan fingerprint density at radius 1 is 1.18 bits per heavy atom. The van der Waals surface area contributed by atoms with Crippen molar-refractivity contribution in [3.8, 4) is 0 Å². The number of amides is 2. The summed E-state index contributed by atoms with van der Waals surface area (Å²) in [4.78, 5) is 25.6. The monoisotopic (exact) mass is 462 g/mol. The normalized spacial score (nSPS) is 24.9. The molecule has 6 atom stereocenters. The molecule has 33 heavy (non-hydrogen) atoms. The highest BCUT2D eigenvalue weighted by Crippen LogP contribution is 2.32. The zero-order valence-corrected chi connectivity index (χ0v) is 20.0. The molecule has 0 aromatic heterocycles. The van der Waals surface area contributed by atoms with E-state index in [4.69, 9.17) is 9.47 Å². The molecule has 8 heteroatoms. The maximum Gasteiger partial charge on any atom is 0.407 e. The largest absolute Gasteiger partial charge is 0.444 e. The van der Waals surface area contributed by atoms with Crippen molar-refractivity contribution in [3.05, 3.63) is 35.4 Å². The van der Waals surface area contributed by atoms with Crippen molar-refractivity contribution in [2.45, 2.75) is 77.4 Å². The van der Waals surface area contributed by atoms with Crippen LogP contribution in [0.25, 0.3) is 0 Å². The molecule has 1 aromatic carbocycles. The van der Waals surface area contributed by atoms with Crippen molar-refractivity contribution in [2.24, 2.45) is 17.8 Å². The van der Waals surface area contributed by atoms with Crippen LogP contribution in [0.2, 0.25) is 0 Å². The molecule has 1 aromatic rings. The fraction of sp³-hybridized carbons (Fsp3) is 0.680. The van der Waals surface area contributed by atoms with E-state index < -0.39 is 36.3 Å². The lowest BCUT2D eigenvalue weighted by molar-refractivity contribution is -0.129. The van der Waals surface area contributed by atoms with Gasteiger partial charge in [0.2, 0.25) is 5.91 Å². The van der Waals surface area contributed by atoms with Crippen LogP contribution in [0.15, 0.2) is 24.3 Å². The first-order chi connectivity index (χ1) is 15.7. The predicted octanol–water partition coefficient (Wildman–Crippen LogP) is 2.32. The molecule has 2 amide bonds. The van der Waals surface area contributed by atoms with Gasteiger partial charge in [0.15, 0.2) is 0 Å². The first-order valence-corrected chi connectivity index (χ1v) is 12.0. The van der Waals surface area contributed by atoms with Gasteiger partial charge in [-0.2, -0.15) is 0 Å². The SMILES string of the molecule is CC(C)[C@@H](C[C@H](O)[C@@H](NC(=O)O[C@H]1CCOC1)C(C)C)C(=O)N[C@H]1c2ccccc2C[C@H]1O. The molecule has 2 aliphatic rings. The van der Waals surface area contributed by atoms with Crippen molar-refractivity contribution >= 4 is 12.0 Å². The average molecular weight is 463 g/mol. The molecule has 4 N–H and O–H groups in total. The predicted molar refractivity (Wildman–Crippen MR) is 123 cm³/mol. The number of carbonyl (C=O) groups excluding carboxylic acids is 2. The molecule has 0 unspecified atom stereocenters. The first-order valence-electron chi connectivity index (χ1n) is 12.0. The third-order valence-electron chi connectivity index (χ3n) is 6.72. The van der Waals surface area contributed by atoms with E-state index in [9.17, 15) is 19.8 Å². The second-order valence-electron chi connectivity index (χ2n) is 9.92. The summed E-state index contributed by atoms with van der Waals surface area (Å²) in [6, 6.07) is 6.68. The Balaban J connectivity index is 1.63. The second kappa shape index (κ2) is 11.3. The summed E-state index contributed by atoms with van der Waals surface area (Å²) in [6.45, 7) is 8.63. The summed E-state index contributed by atoms with van der Waals surface area (Å²) in [5.41, 5.74) is 1.97. The van der Waals surface area contributed by atoms with Gasteiger partial charge in [-0.25, -0.2) is 4.79 Å². The maximum atomic E-state index is 13.2. The summed E-state index contributed by atoms with van der Waals surface area (Å²) < 4.78 is 10.6. The fourth-order valence-electron chi connectivity index (χ4n) is 4.73. The summed E-state index contributed by atoms with van der Waals surface area (Å²) in [7, 11) is 0. The molecule has 1 aliphatic carbocycles. The number of benzene rings is 1. The molecule has 0 radical (unpaired) electrons. The Morgan fingerprint density at radius 3 is 2.55 bits per heavy atom. The fourth-order valence-corrected chi connectivity index (χ4v) is 4.73. The third-order valence-corrected chi connectivity index (χ3v) is 6.72. The van der Waals surface area contributed by atoms with Gasteiger partial charge >= 0.3 is 6.09 Å². The van der Waals surface area contributed by atoms with Gasteiger partial charge in [-0.15, -0.1) is 0 Å². The Bertz CT molecular complexity index is 808. The van der Waals surface area contributed by atoms with Crippen molar-refractivity contribution in [2.75, 3.05) is 13.2 Å². The van der Waals surface area contributed by atoms with E-state index in [1.807, 2.05) is 52.0 Å². The zero-order valence-electron chi connectivity index (χ0n) is 20.0. The Morgan fingerprint density at radius 2 is 1.91 bits per heavy atom. The van der Waals surface area contributed by atoms with Crippen LogP contribution in [0.5, 0.6) is 0 Å². The highest BCUT2D eigenvalue weighted by Gasteiger charge is 2.36. The number of aliphatic hydroxyl groups is 2. The smallest absolute Gasteiger partial charge is 0.407 e. The van der Waals surface area contributed by atoms with E-state index in [0.29, 0.717) is 26.1 Å². The lowest BCUT2D eigenvalue weighted by atomic mass is 9.84. The van der Waals surface area contributed by atoms with Crippen LogP contribution in [0, 0.1) is 17.8 Å². The van der Waals surface area contributed by atoms with Gasteiger partial charge in [0.05, 0.1) is 37.5 Å². The average Bonchev–Trinajstić information content (AvgIpc) is 3.37. The topological polar surface area (TPSA) is 117 Å². The highest BCUT2D eigenvalue weighted by atomic mass is 16.6. The summed E-state index contributed by atoms with van der Waals surface area (Å²) in [5.74, 6) is -0.795. The van der Waals surface area contributed by atoms with Crippen LogP contribution in [0.4, 0.5) is 4.79 Å². The maximum absolute atomic E-state index is 13.2. The van der Waals surface area contributed by atoms with Gasteiger partial charge < -0.3 is 30.3 Å². The van der Waals surface area contributed by atoms with Gasteiger partial charge in [-0.05, 0) is 29.4 Å². The number of fused-ring (bicyclic) bond motifs is 1. The molecule has 3 rings (SSSR count). The minimum absolute atomic E-state index is 0.0381. The number of carbonyl (C=O) groups is 2. The van der Waals surface area contributed by atoms with E-state index in [1.54, 1.807) is 0 Å². The summed E-state index contributed by atoms with van der Waals surface area (Å²) in [6.07, 6.45) is -1.12. The molecule has 1 saturated heterocycles. The number of nitrogens with one attached hydrogen (secondary N) is 2. The number of aliphatic hydroxyl groups excluding tert-OH is 2. The van der Waals surface area contributed by atoms with Crippen LogP contribution < -0.4 is 10.6 Å². The standard InChI is InChI=1S/C25H38N2O6/c1-14(2)19(24(30)26-23-18-8-6-5-7-16(18)11-20(23)28)12-21(29)22(15(3)4)27-25(31)33-17-9-10-32-13-17/h5-8,14-15,17,19-23,28-29H,9-13H2,1-4H3,(H,26,30)(H,27,31)/t17-,19+,20+,21-,22-,23-/m0/s1. The molecule has 184 valence electrons. The van der Waals surface area contributed by atoms with E-state index in [2.05, 4.69) is 10.6 Å². The Kier molecular flexibility index (Phi) is 8.73.